The van der Waals surface area contributed by atoms with Crippen LogP contribution in [-0.4, -0.2) is 15.4 Å². The highest BCUT2D eigenvalue weighted by molar-refractivity contribution is 7.15. The Labute approximate surface area is 118 Å². The van der Waals surface area contributed by atoms with Gasteiger partial charge in [-0.05, 0) is 43.9 Å². The maximum absolute atomic E-state index is 4.64. The zero-order valence-electron chi connectivity index (χ0n) is 11.4. The summed E-state index contributed by atoms with van der Waals surface area (Å²) in [6, 6.07) is 0.634. The second kappa shape index (κ2) is 4.60. The number of nitrogens with zero attached hydrogens (tertiary/aromatic N) is 2. The molecule has 2 saturated carbocycles. The summed E-state index contributed by atoms with van der Waals surface area (Å²) in [6.45, 7) is 3.27. The van der Waals surface area contributed by atoms with Crippen molar-refractivity contribution in [3.8, 4) is 0 Å². The summed E-state index contributed by atoms with van der Waals surface area (Å²) in [5.74, 6) is 2.94. The van der Waals surface area contributed by atoms with Crippen LogP contribution < -0.4 is 5.32 Å². The Morgan fingerprint density at radius 3 is 3.16 bits per heavy atom. The zero-order valence-corrected chi connectivity index (χ0v) is 12.2. The zero-order chi connectivity index (χ0) is 12.8. The normalized spacial score (nSPS) is 31.3. The first-order valence-electron chi connectivity index (χ1n) is 7.44. The van der Waals surface area contributed by atoms with Gasteiger partial charge in [-0.3, -0.25) is 4.40 Å². The van der Waals surface area contributed by atoms with Gasteiger partial charge in [0.15, 0.2) is 4.96 Å². The van der Waals surface area contributed by atoms with E-state index in [1.54, 1.807) is 11.3 Å². The molecule has 0 aromatic carbocycles. The first-order valence-corrected chi connectivity index (χ1v) is 8.32. The van der Waals surface area contributed by atoms with Crippen molar-refractivity contribution in [2.24, 2.45) is 17.8 Å². The number of hydrogen-bond acceptors (Lipinski definition) is 3. The quantitative estimate of drug-likeness (QED) is 0.927. The molecule has 2 bridgehead atoms. The predicted molar refractivity (Wildman–Crippen MR) is 78.3 cm³/mol. The highest BCUT2D eigenvalue weighted by Gasteiger charge is 2.41. The van der Waals surface area contributed by atoms with Gasteiger partial charge in [0.2, 0.25) is 0 Å². The van der Waals surface area contributed by atoms with Crippen molar-refractivity contribution < 1.29 is 0 Å². The minimum Gasteiger partial charge on any atom is -0.308 e. The molecule has 3 nitrogen and oxygen atoms in total. The molecule has 2 aromatic rings. The summed E-state index contributed by atoms with van der Waals surface area (Å²) in [5, 5.41) is 5.79. The monoisotopic (exact) mass is 275 g/mol. The Bertz CT molecular complexity index is 544. The molecule has 0 aliphatic heterocycles. The van der Waals surface area contributed by atoms with Crippen molar-refractivity contribution in [2.75, 3.05) is 0 Å². The molecule has 0 spiro atoms. The molecular weight excluding hydrogens is 254 g/mol. The maximum atomic E-state index is 4.64. The van der Waals surface area contributed by atoms with E-state index in [0.717, 1.165) is 29.3 Å². The summed E-state index contributed by atoms with van der Waals surface area (Å²) >= 11 is 1.70. The highest BCUT2D eigenvalue weighted by atomic mass is 32.1. The number of imidazole rings is 1. The van der Waals surface area contributed by atoms with Crippen LogP contribution in [0.5, 0.6) is 0 Å². The highest BCUT2D eigenvalue weighted by Crippen LogP contribution is 2.49. The van der Waals surface area contributed by atoms with Gasteiger partial charge in [0.05, 0.1) is 5.69 Å². The average Bonchev–Trinajstić information content (AvgIpc) is 3.14. The fourth-order valence-corrected chi connectivity index (χ4v) is 4.90. The largest absolute Gasteiger partial charge is 0.308 e. The van der Waals surface area contributed by atoms with Crippen molar-refractivity contribution in [3.05, 3.63) is 23.5 Å². The number of rotatable bonds is 4. The Kier molecular flexibility index (Phi) is 2.88. The molecule has 4 rings (SSSR count). The Morgan fingerprint density at radius 2 is 2.42 bits per heavy atom. The Balaban J connectivity index is 1.38. The van der Waals surface area contributed by atoms with Crippen molar-refractivity contribution >= 4 is 16.3 Å². The molecule has 0 radical (unpaired) electrons. The van der Waals surface area contributed by atoms with E-state index in [4.69, 9.17) is 0 Å². The minimum absolute atomic E-state index is 0.634. The van der Waals surface area contributed by atoms with Crippen LogP contribution >= 0.6 is 11.3 Å². The molecule has 102 valence electrons. The van der Waals surface area contributed by atoms with Crippen LogP contribution in [0, 0.1) is 17.8 Å². The third-order valence-corrected chi connectivity index (χ3v) is 5.95. The molecule has 2 aliphatic rings. The molecule has 2 fully saturated rings. The number of hydrogen-bond donors (Lipinski definition) is 1. The predicted octanol–water partition coefficient (Wildman–Crippen LogP) is 3.31. The van der Waals surface area contributed by atoms with Gasteiger partial charge in [0.25, 0.3) is 0 Å². The third kappa shape index (κ3) is 2.11. The Hall–Kier alpha value is -0.870. The number of thiazole rings is 1. The third-order valence-electron chi connectivity index (χ3n) is 5.18. The van der Waals surface area contributed by atoms with E-state index < -0.39 is 0 Å². The van der Waals surface area contributed by atoms with Crippen LogP contribution in [0.1, 0.15) is 38.3 Å². The van der Waals surface area contributed by atoms with E-state index in [-0.39, 0.29) is 0 Å². The van der Waals surface area contributed by atoms with Crippen molar-refractivity contribution in [1.29, 1.82) is 0 Å². The molecular formula is C15H21N3S. The number of aromatic nitrogens is 2. The molecule has 1 N–H and O–H groups in total. The fraction of sp³-hybridized carbons (Fsp3) is 0.667. The van der Waals surface area contributed by atoms with Crippen LogP contribution in [0.4, 0.5) is 0 Å². The molecule has 0 saturated heterocycles. The fourth-order valence-electron chi connectivity index (χ4n) is 4.18. The second-order valence-electron chi connectivity index (χ2n) is 6.33. The summed E-state index contributed by atoms with van der Waals surface area (Å²) in [4.78, 5) is 5.74. The first kappa shape index (κ1) is 11.9. The smallest absolute Gasteiger partial charge is 0.193 e. The maximum Gasteiger partial charge on any atom is 0.193 e. The molecule has 4 heteroatoms. The molecule has 19 heavy (non-hydrogen) atoms. The molecule has 2 heterocycles. The molecule has 0 amide bonds. The van der Waals surface area contributed by atoms with Crippen molar-refractivity contribution in [2.45, 2.75) is 45.2 Å². The van der Waals surface area contributed by atoms with Gasteiger partial charge in [0.1, 0.15) is 0 Å². The van der Waals surface area contributed by atoms with E-state index in [1.807, 2.05) is 0 Å². The van der Waals surface area contributed by atoms with Crippen LogP contribution in [0.25, 0.3) is 4.96 Å². The van der Waals surface area contributed by atoms with Gasteiger partial charge in [0, 0.05) is 30.4 Å². The van der Waals surface area contributed by atoms with Crippen LogP contribution in [0.3, 0.4) is 0 Å². The number of nitrogens with one attached hydrogen (secondary N) is 1. The van der Waals surface area contributed by atoms with E-state index >= 15 is 0 Å². The van der Waals surface area contributed by atoms with Crippen molar-refractivity contribution in [1.82, 2.24) is 14.7 Å². The second-order valence-corrected chi connectivity index (χ2v) is 7.21. The van der Waals surface area contributed by atoms with Crippen LogP contribution in [0.2, 0.25) is 0 Å². The van der Waals surface area contributed by atoms with Crippen LogP contribution in [0.15, 0.2) is 17.8 Å². The van der Waals surface area contributed by atoms with Gasteiger partial charge in [-0.2, -0.15) is 0 Å². The van der Waals surface area contributed by atoms with Gasteiger partial charge >= 0.3 is 0 Å². The van der Waals surface area contributed by atoms with Crippen LogP contribution in [-0.2, 0) is 6.54 Å². The summed E-state index contributed by atoms with van der Waals surface area (Å²) < 4.78 is 2.11. The van der Waals surface area contributed by atoms with Gasteiger partial charge in [-0.25, -0.2) is 4.98 Å². The number of fused-ring (bicyclic) bond motifs is 3. The van der Waals surface area contributed by atoms with Crippen molar-refractivity contribution in [3.63, 3.8) is 0 Å². The topological polar surface area (TPSA) is 29.3 Å². The molecule has 4 atom stereocenters. The van der Waals surface area contributed by atoms with Gasteiger partial charge in [-0.1, -0.05) is 6.42 Å². The molecule has 2 aromatic heterocycles. The average molecular weight is 275 g/mol. The lowest BCUT2D eigenvalue weighted by molar-refractivity contribution is 0.259. The lowest BCUT2D eigenvalue weighted by atomic mass is 9.84. The van der Waals surface area contributed by atoms with Gasteiger partial charge < -0.3 is 5.32 Å². The van der Waals surface area contributed by atoms with E-state index in [9.17, 15) is 0 Å². The summed E-state index contributed by atoms with van der Waals surface area (Å²) in [6.07, 6.45) is 10.1. The molecule has 4 unspecified atom stereocenters. The SMILES string of the molecule is CC(NCc1cn2ccsc2n1)C1CC2CCC1C2. The first-order chi connectivity index (χ1) is 9.29. The van der Waals surface area contributed by atoms with Gasteiger partial charge in [-0.15, -0.1) is 11.3 Å². The summed E-state index contributed by atoms with van der Waals surface area (Å²) in [5.41, 5.74) is 1.17. The van der Waals surface area contributed by atoms with E-state index in [2.05, 4.69) is 39.4 Å². The van der Waals surface area contributed by atoms with E-state index in [1.165, 1.54) is 31.4 Å². The standard InChI is InChI=1S/C15H21N3S/c1-10(14-7-11-2-3-12(14)6-11)16-8-13-9-18-4-5-19-15(18)17-13/h4-5,9-12,14,16H,2-3,6-8H2,1H3. The summed E-state index contributed by atoms with van der Waals surface area (Å²) in [7, 11) is 0. The van der Waals surface area contributed by atoms with E-state index in [0.29, 0.717) is 6.04 Å². The lowest BCUT2D eigenvalue weighted by Crippen LogP contribution is -2.35. The minimum atomic E-state index is 0.634. The lowest BCUT2D eigenvalue weighted by Gasteiger charge is -2.28. The Morgan fingerprint density at radius 1 is 1.47 bits per heavy atom. The molecule has 2 aliphatic carbocycles.